The third kappa shape index (κ3) is 4.13. The molecule has 2 atom stereocenters. The molecular formula is C22H34N4O. The van der Waals surface area contributed by atoms with Crippen LogP contribution in [0.1, 0.15) is 52.4 Å². The van der Waals surface area contributed by atoms with Crippen LogP contribution in [0, 0.1) is 17.3 Å². The van der Waals surface area contributed by atoms with Crippen LogP contribution < -0.4 is 10.2 Å². The number of carbonyl (C=O) groups is 1. The lowest BCUT2D eigenvalue weighted by atomic mass is 9.68. The SMILES string of the molecule is CC1CN(C)CCN1c1ccc(NC(=O)CC(C2CCC2)C2(C)CC2)cn1. The van der Waals surface area contributed by atoms with Crippen molar-refractivity contribution in [1.29, 1.82) is 0 Å². The Hall–Kier alpha value is -1.62. The van der Waals surface area contributed by atoms with E-state index in [-0.39, 0.29) is 5.91 Å². The lowest BCUT2D eigenvalue weighted by Gasteiger charge is -2.39. The van der Waals surface area contributed by atoms with Crippen molar-refractivity contribution in [3.8, 4) is 0 Å². The summed E-state index contributed by atoms with van der Waals surface area (Å²) in [4.78, 5) is 22.0. The molecule has 0 bridgehead atoms. The summed E-state index contributed by atoms with van der Waals surface area (Å²) in [7, 11) is 2.17. The molecule has 1 aromatic rings. The van der Waals surface area contributed by atoms with Gasteiger partial charge in [0.05, 0.1) is 11.9 Å². The van der Waals surface area contributed by atoms with Crippen molar-refractivity contribution in [3.05, 3.63) is 18.3 Å². The Bertz CT molecular complexity index is 665. The largest absolute Gasteiger partial charge is 0.351 e. The first-order valence-electron chi connectivity index (χ1n) is 10.7. The zero-order chi connectivity index (χ0) is 19.0. The highest BCUT2D eigenvalue weighted by Gasteiger charge is 2.49. The molecule has 1 amide bonds. The summed E-state index contributed by atoms with van der Waals surface area (Å²) < 4.78 is 0. The predicted molar refractivity (Wildman–Crippen MR) is 110 cm³/mol. The van der Waals surface area contributed by atoms with Crippen molar-refractivity contribution in [2.45, 2.75) is 58.4 Å². The second-order valence-corrected chi connectivity index (χ2v) is 9.41. The summed E-state index contributed by atoms with van der Waals surface area (Å²) in [5.41, 5.74) is 1.24. The Kier molecular flexibility index (Phi) is 5.15. The second kappa shape index (κ2) is 7.42. The molecule has 1 N–H and O–H groups in total. The second-order valence-electron chi connectivity index (χ2n) is 9.41. The molecule has 2 heterocycles. The summed E-state index contributed by atoms with van der Waals surface area (Å²) in [6, 6.07) is 4.50. The number of hydrogen-bond donors (Lipinski definition) is 1. The van der Waals surface area contributed by atoms with Crippen molar-refractivity contribution < 1.29 is 4.79 Å². The summed E-state index contributed by atoms with van der Waals surface area (Å²) in [5.74, 6) is 2.49. The lowest BCUT2D eigenvalue weighted by Crippen LogP contribution is -2.50. The van der Waals surface area contributed by atoms with Gasteiger partial charge < -0.3 is 15.1 Å². The molecule has 1 aliphatic heterocycles. The van der Waals surface area contributed by atoms with Gasteiger partial charge in [-0.2, -0.15) is 0 Å². The van der Waals surface area contributed by atoms with Gasteiger partial charge >= 0.3 is 0 Å². The third-order valence-electron chi connectivity index (χ3n) is 7.21. The Morgan fingerprint density at radius 1 is 1.33 bits per heavy atom. The molecule has 1 aromatic heterocycles. The number of anilines is 2. The molecule has 3 fully saturated rings. The Morgan fingerprint density at radius 3 is 2.67 bits per heavy atom. The number of pyridine rings is 1. The van der Waals surface area contributed by atoms with Crippen LogP contribution in [-0.4, -0.2) is 48.5 Å². The molecule has 2 unspecified atom stereocenters. The van der Waals surface area contributed by atoms with Crippen LogP contribution in [0.15, 0.2) is 18.3 Å². The highest BCUT2D eigenvalue weighted by Crippen LogP contribution is 2.58. The number of nitrogens with one attached hydrogen (secondary N) is 1. The van der Waals surface area contributed by atoms with E-state index in [2.05, 4.69) is 41.0 Å². The maximum Gasteiger partial charge on any atom is 0.224 e. The first-order chi connectivity index (χ1) is 12.9. The number of carbonyl (C=O) groups excluding carboxylic acids is 1. The van der Waals surface area contributed by atoms with Gasteiger partial charge in [-0.1, -0.05) is 26.2 Å². The number of piperazine rings is 1. The van der Waals surface area contributed by atoms with Gasteiger partial charge in [0.2, 0.25) is 5.91 Å². The van der Waals surface area contributed by atoms with Crippen molar-refractivity contribution in [2.75, 3.05) is 36.9 Å². The molecule has 27 heavy (non-hydrogen) atoms. The zero-order valence-corrected chi connectivity index (χ0v) is 17.1. The summed E-state index contributed by atoms with van der Waals surface area (Å²) in [5, 5.41) is 3.10. The Balaban J connectivity index is 1.34. The van der Waals surface area contributed by atoms with Crippen LogP contribution in [0.5, 0.6) is 0 Å². The minimum Gasteiger partial charge on any atom is -0.351 e. The van der Waals surface area contributed by atoms with E-state index in [4.69, 9.17) is 0 Å². The zero-order valence-electron chi connectivity index (χ0n) is 17.1. The smallest absolute Gasteiger partial charge is 0.224 e. The van der Waals surface area contributed by atoms with Gasteiger partial charge in [-0.3, -0.25) is 4.79 Å². The number of nitrogens with zero attached hydrogens (tertiary/aromatic N) is 3. The fourth-order valence-electron chi connectivity index (χ4n) is 4.91. The molecule has 0 spiro atoms. The highest BCUT2D eigenvalue weighted by molar-refractivity contribution is 5.90. The topological polar surface area (TPSA) is 48.5 Å². The van der Waals surface area contributed by atoms with E-state index < -0.39 is 0 Å². The van der Waals surface area contributed by atoms with Crippen LogP contribution >= 0.6 is 0 Å². The average Bonchev–Trinajstić information content (AvgIpc) is 3.32. The van der Waals surface area contributed by atoms with Gasteiger partial charge in [-0.25, -0.2) is 4.98 Å². The molecule has 148 valence electrons. The first kappa shape index (κ1) is 18.7. The molecule has 3 aliphatic rings. The molecule has 4 rings (SSSR count). The fourth-order valence-corrected chi connectivity index (χ4v) is 4.91. The van der Waals surface area contributed by atoms with Gasteiger partial charge in [-0.05, 0) is 56.2 Å². The molecule has 2 saturated carbocycles. The molecule has 0 radical (unpaired) electrons. The maximum atomic E-state index is 12.7. The minimum absolute atomic E-state index is 0.155. The van der Waals surface area contributed by atoms with Gasteiger partial charge in [0.25, 0.3) is 0 Å². The predicted octanol–water partition coefficient (Wildman–Crippen LogP) is 3.77. The van der Waals surface area contributed by atoms with Crippen molar-refractivity contribution in [3.63, 3.8) is 0 Å². The van der Waals surface area contributed by atoms with Crippen LogP contribution in [-0.2, 0) is 4.79 Å². The Morgan fingerprint density at radius 2 is 2.11 bits per heavy atom. The minimum atomic E-state index is 0.155. The van der Waals surface area contributed by atoms with E-state index in [1.807, 2.05) is 18.3 Å². The normalized spacial score (nSPS) is 26.3. The monoisotopic (exact) mass is 370 g/mol. The number of aromatic nitrogens is 1. The molecule has 5 nitrogen and oxygen atoms in total. The van der Waals surface area contributed by atoms with Crippen molar-refractivity contribution in [2.24, 2.45) is 17.3 Å². The third-order valence-corrected chi connectivity index (χ3v) is 7.21. The number of hydrogen-bond acceptors (Lipinski definition) is 4. The van der Waals surface area contributed by atoms with Gasteiger partial charge in [0.1, 0.15) is 5.82 Å². The molecule has 2 aliphatic carbocycles. The summed E-state index contributed by atoms with van der Waals surface area (Å²) in [6.07, 6.45) is 9.03. The summed E-state index contributed by atoms with van der Waals surface area (Å²) >= 11 is 0. The first-order valence-corrected chi connectivity index (χ1v) is 10.7. The van der Waals surface area contributed by atoms with Crippen LogP contribution in [0.3, 0.4) is 0 Å². The van der Waals surface area contributed by atoms with Crippen LogP contribution in [0.25, 0.3) is 0 Å². The van der Waals surface area contributed by atoms with E-state index in [0.717, 1.165) is 37.1 Å². The van der Waals surface area contributed by atoms with E-state index in [0.29, 0.717) is 23.8 Å². The quantitative estimate of drug-likeness (QED) is 0.828. The van der Waals surface area contributed by atoms with Gasteiger partial charge in [0, 0.05) is 32.1 Å². The van der Waals surface area contributed by atoms with Gasteiger partial charge in [0.15, 0.2) is 0 Å². The van der Waals surface area contributed by atoms with Crippen LogP contribution in [0.4, 0.5) is 11.5 Å². The van der Waals surface area contributed by atoms with E-state index in [1.54, 1.807) is 0 Å². The van der Waals surface area contributed by atoms with Gasteiger partial charge in [-0.15, -0.1) is 0 Å². The maximum absolute atomic E-state index is 12.7. The van der Waals surface area contributed by atoms with E-state index in [9.17, 15) is 4.79 Å². The van der Waals surface area contributed by atoms with Crippen molar-refractivity contribution >= 4 is 17.4 Å². The number of rotatable bonds is 6. The Labute approximate surface area is 163 Å². The lowest BCUT2D eigenvalue weighted by molar-refractivity contribution is -0.118. The fraction of sp³-hybridized carbons (Fsp3) is 0.727. The molecule has 0 aromatic carbocycles. The van der Waals surface area contributed by atoms with E-state index >= 15 is 0 Å². The standard InChI is InChI=1S/C22H34N4O/c1-16-15-25(3)11-12-26(16)20-8-7-18(14-23-20)24-21(27)13-19(17-5-4-6-17)22(2)9-10-22/h7-8,14,16-17,19H,4-6,9-13,15H2,1-3H3,(H,24,27). The molecule has 5 heteroatoms. The molecule has 1 saturated heterocycles. The average molecular weight is 371 g/mol. The molecular weight excluding hydrogens is 336 g/mol. The van der Waals surface area contributed by atoms with E-state index in [1.165, 1.54) is 32.1 Å². The number of likely N-dealkylation sites (N-methyl/N-ethyl adjacent to an activating group) is 1. The van der Waals surface area contributed by atoms with Crippen molar-refractivity contribution in [1.82, 2.24) is 9.88 Å². The van der Waals surface area contributed by atoms with Crippen LogP contribution in [0.2, 0.25) is 0 Å². The summed E-state index contributed by atoms with van der Waals surface area (Å²) in [6.45, 7) is 7.73. The highest BCUT2D eigenvalue weighted by atomic mass is 16.1. The number of amides is 1.